The van der Waals surface area contributed by atoms with Crippen molar-refractivity contribution in [3.63, 3.8) is 0 Å². The van der Waals surface area contributed by atoms with Crippen molar-refractivity contribution in [2.75, 3.05) is 11.9 Å². The predicted octanol–water partition coefficient (Wildman–Crippen LogP) is 5.25. The highest BCUT2D eigenvalue weighted by Crippen LogP contribution is 2.32. The number of benzene rings is 3. The van der Waals surface area contributed by atoms with Gasteiger partial charge in [0.1, 0.15) is 5.75 Å². The molecule has 0 bridgehead atoms. The summed E-state index contributed by atoms with van der Waals surface area (Å²) < 4.78 is 5.71. The zero-order valence-electron chi connectivity index (χ0n) is 16.7. The Bertz CT molecular complexity index is 1210. The Balaban J connectivity index is 1.46. The van der Waals surface area contributed by atoms with E-state index in [1.807, 2.05) is 42.5 Å². The van der Waals surface area contributed by atoms with Crippen LogP contribution in [-0.2, 0) is 9.59 Å². The summed E-state index contributed by atoms with van der Waals surface area (Å²) in [6.45, 7) is -0.159. The Kier molecular flexibility index (Phi) is 6.89. The number of nitrogens with one attached hydrogen (secondary N) is 2. The zero-order valence-corrected chi connectivity index (χ0v) is 18.3. The average molecular weight is 464 g/mol. The molecule has 2 N–H and O–H groups in total. The van der Waals surface area contributed by atoms with Gasteiger partial charge in [-0.05, 0) is 48.2 Å². The molecule has 0 unspecified atom stereocenters. The van der Waals surface area contributed by atoms with Crippen LogP contribution in [0.4, 0.5) is 11.4 Å². The molecule has 1 aliphatic rings. The zero-order chi connectivity index (χ0) is 22.3. The molecule has 3 aromatic rings. The van der Waals surface area contributed by atoms with Gasteiger partial charge < -0.3 is 15.4 Å². The summed E-state index contributed by atoms with van der Waals surface area (Å²) in [6, 6.07) is 23.5. The number of anilines is 1. The molecule has 0 aliphatic carbocycles. The molecule has 2 amide bonds. The summed E-state index contributed by atoms with van der Waals surface area (Å²) >= 11 is 7.35. The van der Waals surface area contributed by atoms with Gasteiger partial charge in [-0.1, -0.05) is 60.1 Å². The molecule has 1 aliphatic heterocycles. The monoisotopic (exact) mass is 463 g/mol. The number of ether oxygens (including phenoxy) is 1. The van der Waals surface area contributed by atoms with Crippen LogP contribution in [0.2, 0.25) is 5.02 Å². The van der Waals surface area contributed by atoms with Crippen LogP contribution in [0.25, 0.3) is 6.08 Å². The number of para-hydroxylation sites is 3. The molecule has 0 saturated carbocycles. The normalized spacial score (nSPS) is 15.6. The third-order valence-corrected chi connectivity index (χ3v) is 5.58. The highest BCUT2D eigenvalue weighted by Gasteiger charge is 2.24. The molecule has 1 fully saturated rings. The van der Waals surface area contributed by atoms with Crippen LogP contribution in [0.1, 0.15) is 5.56 Å². The van der Waals surface area contributed by atoms with E-state index in [9.17, 15) is 9.59 Å². The molecule has 4 rings (SSSR count). The average Bonchev–Trinajstić information content (AvgIpc) is 3.14. The van der Waals surface area contributed by atoms with E-state index >= 15 is 0 Å². The van der Waals surface area contributed by atoms with Crippen molar-refractivity contribution in [2.24, 2.45) is 4.99 Å². The summed E-state index contributed by atoms with van der Waals surface area (Å²) in [7, 11) is 0. The van der Waals surface area contributed by atoms with E-state index in [-0.39, 0.29) is 18.4 Å². The fourth-order valence-corrected chi connectivity index (χ4v) is 3.87. The van der Waals surface area contributed by atoms with Crippen molar-refractivity contribution in [1.82, 2.24) is 5.32 Å². The number of amidine groups is 1. The minimum atomic E-state index is -0.277. The third-order valence-electron chi connectivity index (χ3n) is 4.35. The molecule has 1 saturated heterocycles. The van der Waals surface area contributed by atoms with E-state index < -0.39 is 0 Å². The molecular formula is C24H18ClN3O3S. The topological polar surface area (TPSA) is 79.8 Å². The second-order valence-corrected chi connectivity index (χ2v) is 8.11. The standard InChI is InChI=1S/C24H18ClN3O3S/c25-18-11-5-6-12-19(18)27-24-28-23(30)21(32-24)14-16-8-4-7-13-20(16)31-15-22(29)26-17-9-2-1-3-10-17/h1-14H,15H2,(H,26,29)(H,27,28,30). The summed E-state index contributed by atoms with van der Waals surface area (Å²) in [6.07, 6.45) is 1.71. The van der Waals surface area contributed by atoms with Crippen molar-refractivity contribution >= 4 is 57.8 Å². The number of carbonyl (C=O) groups excluding carboxylic acids is 2. The number of rotatable bonds is 6. The molecule has 3 aromatic carbocycles. The maximum atomic E-state index is 12.4. The van der Waals surface area contributed by atoms with Crippen LogP contribution >= 0.6 is 23.4 Å². The molecule has 6 nitrogen and oxygen atoms in total. The first-order valence-electron chi connectivity index (χ1n) is 9.69. The van der Waals surface area contributed by atoms with Crippen LogP contribution < -0.4 is 15.4 Å². The fraction of sp³-hybridized carbons (Fsp3) is 0.0417. The van der Waals surface area contributed by atoms with E-state index in [2.05, 4.69) is 15.6 Å². The van der Waals surface area contributed by atoms with Gasteiger partial charge >= 0.3 is 0 Å². The van der Waals surface area contributed by atoms with Gasteiger partial charge in [-0.2, -0.15) is 0 Å². The van der Waals surface area contributed by atoms with Gasteiger partial charge in [-0.25, -0.2) is 4.99 Å². The smallest absolute Gasteiger partial charge is 0.264 e. The van der Waals surface area contributed by atoms with Crippen LogP contribution in [0.3, 0.4) is 0 Å². The summed E-state index contributed by atoms with van der Waals surface area (Å²) in [5, 5.41) is 6.45. The summed E-state index contributed by atoms with van der Waals surface area (Å²) in [5.41, 5.74) is 1.95. The largest absolute Gasteiger partial charge is 0.483 e. The van der Waals surface area contributed by atoms with Crippen molar-refractivity contribution in [3.8, 4) is 5.75 Å². The first kappa shape index (κ1) is 21.7. The number of hydrogen-bond acceptors (Lipinski definition) is 5. The summed E-state index contributed by atoms with van der Waals surface area (Å²) in [5.74, 6) is -0.0497. The van der Waals surface area contributed by atoms with Crippen molar-refractivity contribution in [2.45, 2.75) is 0 Å². The first-order chi connectivity index (χ1) is 15.6. The number of thioether (sulfide) groups is 1. The predicted molar refractivity (Wildman–Crippen MR) is 129 cm³/mol. The first-order valence-corrected chi connectivity index (χ1v) is 10.9. The number of halogens is 1. The molecule has 32 heavy (non-hydrogen) atoms. The molecule has 160 valence electrons. The van der Waals surface area contributed by atoms with Gasteiger partial charge in [0.15, 0.2) is 11.8 Å². The Hall–Kier alpha value is -3.55. The third kappa shape index (κ3) is 5.57. The Morgan fingerprint density at radius 2 is 1.75 bits per heavy atom. The number of nitrogens with zero attached hydrogens (tertiary/aromatic N) is 1. The summed E-state index contributed by atoms with van der Waals surface area (Å²) in [4.78, 5) is 29.5. The van der Waals surface area contributed by atoms with E-state index in [0.717, 1.165) is 0 Å². The van der Waals surface area contributed by atoms with Crippen LogP contribution in [0.5, 0.6) is 5.75 Å². The lowest BCUT2D eigenvalue weighted by Gasteiger charge is -2.10. The fourth-order valence-electron chi connectivity index (χ4n) is 2.87. The van der Waals surface area contributed by atoms with Gasteiger partial charge in [0, 0.05) is 11.3 Å². The molecule has 0 aromatic heterocycles. The van der Waals surface area contributed by atoms with E-state index in [1.54, 1.807) is 42.5 Å². The van der Waals surface area contributed by atoms with Gasteiger partial charge in [0.2, 0.25) is 0 Å². The van der Waals surface area contributed by atoms with Crippen molar-refractivity contribution in [3.05, 3.63) is 94.4 Å². The second-order valence-electron chi connectivity index (χ2n) is 6.67. The van der Waals surface area contributed by atoms with E-state index in [4.69, 9.17) is 16.3 Å². The number of carbonyl (C=O) groups is 2. The maximum Gasteiger partial charge on any atom is 0.264 e. The van der Waals surface area contributed by atoms with E-state index in [1.165, 1.54) is 11.8 Å². The van der Waals surface area contributed by atoms with Crippen LogP contribution in [-0.4, -0.2) is 23.6 Å². The molecular weight excluding hydrogens is 446 g/mol. The van der Waals surface area contributed by atoms with Gasteiger partial charge in [0.25, 0.3) is 11.8 Å². The molecule has 8 heteroatoms. The maximum absolute atomic E-state index is 12.4. The van der Waals surface area contributed by atoms with Gasteiger partial charge in [0.05, 0.1) is 15.6 Å². The SMILES string of the molecule is O=C(COc1ccccc1C=C1SC(=Nc2ccccc2Cl)NC1=O)Nc1ccccc1. The van der Waals surface area contributed by atoms with Crippen molar-refractivity contribution < 1.29 is 14.3 Å². The Morgan fingerprint density at radius 3 is 2.56 bits per heavy atom. The van der Waals surface area contributed by atoms with E-state index in [0.29, 0.717) is 37.8 Å². The Labute approximate surface area is 194 Å². The second kappa shape index (κ2) is 10.2. The molecule has 0 radical (unpaired) electrons. The highest BCUT2D eigenvalue weighted by atomic mass is 35.5. The lowest BCUT2D eigenvalue weighted by atomic mass is 10.2. The minimum absolute atomic E-state index is 0.159. The number of hydrogen-bond donors (Lipinski definition) is 2. The molecule has 1 heterocycles. The highest BCUT2D eigenvalue weighted by molar-refractivity contribution is 8.18. The quantitative estimate of drug-likeness (QED) is 0.489. The van der Waals surface area contributed by atoms with Crippen LogP contribution in [0.15, 0.2) is 88.8 Å². The van der Waals surface area contributed by atoms with Crippen molar-refractivity contribution in [1.29, 1.82) is 0 Å². The van der Waals surface area contributed by atoms with Gasteiger partial charge in [-0.3, -0.25) is 9.59 Å². The molecule has 0 atom stereocenters. The minimum Gasteiger partial charge on any atom is -0.483 e. The van der Waals surface area contributed by atoms with Crippen LogP contribution in [0, 0.1) is 0 Å². The van der Waals surface area contributed by atoms with Gasteiger partial charge in [-0.15, -0.1) is 0 Å². The number of amides is 2. The lowest BCUT2D eigenvalue weighted by molar-refractivity contribution is -0.118. The molecule has 0 spiro atoms. The lowest BCUT2D eigenvalue weighted by Crippen LogP contribution is -2.20. The number of aliphatic imine (C=N–C) groups is 1. The Morgan fingerprint density at radius 1 is 1.03 bits per heavy atom.